The van der Waals surface area contributed by atoms with Crippen LogP contribution in [-0.2, 0) is 32.7 Å². The average molecular weight is 587 g/mol. The molecule has 4 aromatic rings. The molecule has 1 aromatic heterocycles. The predicted octanol–water partition coefficient (Wildman–Crippen LogP) is 5.41. The molecule has 2 aliphatic rings. The zero-order valence-corrected chi connectivity index (χ0v) is 25.1. The van der Waals surface area contributed by atoms with Crippen LogP contribution >= 0.6 is 11.3 Å². The molecule has 0 radical (unpaired) electrons. The third-order valence-corrected chi connectivity index (χ3v) is 8.67. The second-order valence-electron chi connectivity index (χ2n) is 10.8. The lowest BCUT2D eigenvalue weighted by atomic mass is 10.1. The van der Waals surface area contributed by atoms with E-state index >= 15 is 0 Å². The molecular weight excluding hydrogens is 548 g/mol. The van der Waals surface area contributed by atoms with Crippen LogP contribution in [0.2, 0.25) is 0 Å². The van der Waals surface area contributed by atoms with Crippen molar-refractivity contribution in [3.05, 3.63) is 99.5 Å². The van der Waals surface area contributed by atoms with Crippen molar-refractivity contribution in [2.75, 3.05) is 47.2 Å². The highest BCUT2D eigenvalue weighted by Crippen LogP contribution is 2.34. The zero-order valence-electron chi connectivity index (χ0n) is 24.3. The van der Waals surface area contributed by atoms with E-state index in [1.54, 1.807) is 25.6 Å². The van der Waals surface area contributed by atoms with Crippen LogP contribution in [0.4, 0.5) is 0 Å². The van der Waals surface area contributed by atoms with Crippen molar-refractivity contribution in [1.82, 2.24) is 19.7 Å². The molecule has 0 amide bonds. The third-order valence-electron chi connectivity index (χ3n) is 7.79. The van der Waals surface area contributed by atoms with Crippen molar-refractivity contribution >= 4 is 11.3 Å². The van der Waals surface area contributed by atoms with Crippen molar-refractivity contribution in [3.8, 4) is 23.0 Å². The number of aromatic nitrogens is 1. The Morgan fingerprint density at radius 2 is 1.57 bits per heavy atom. The Morgan fingerprint density at radius 1 is 0.786 bits per heavy atom. The number of hydrogen-bond acceptors (Lipinski definition) is 9. The largest absolute Gasteiger partial charge is 0.497 e. The zero-order chi connectivity index (χ0) is 28.7. The number of ether oxygens (including phenoxy) is 4. The highest BCUT2D eigenvalue weighted by Gasteiger charge is 2.20. The van der Waals surface area contributed by atoms with Crippen molar-refractivity contribution in [2.24, 2.45) is 0 Å². The summed E-state index contributed by atoms with van der Waals surface area (Å²) in [4.78, 5) is 12.5. The predicted molar refractivity (Wildman–Crippen MR) is 164 cm³/mol. The molecule has 0 aliphatic carbocycles. The van der Waals surface area contributed by atoms with Crippen molar-refractivity contribution in [2.45, 2.75) is 32.7 Å². The summed E-state index contributed by atoms with van der Waals surface area (Å²) >= 11 is 1.74. The molecule has 42 heavy (non-hydrogen) atoms. The molecule has 0 saturated carbocycles. The topological polar surface area (TPSA) is 59.5 Å². The van der Waals surface area contributed by atoms with E-state index in [0.717, 1.165) is 97.2 Å². The summed E-state index contributed by atoms with van der Waals surface area (Å²) in [5.74, 6) is 3.20. The van der Waals surface area contributed by atoms with Crippen LogP contribution in [-0.4, -0.2) is 66.9 Å². The van der Waals surface area contributed by atoms with E-state index in [0.29, 0.717) is 6.54 Å². The SMILES string of the molecule is COc1ccc(CN(Cc2ccc3c(c2)OCO3)Cc2nc(CN3CCN(Cc4ccccc4)CC3)cs2)c(OC)c1. The van der Waals surface area contributed by atoms with Gasteiger partial charge in [-0.25, -0.2) is 4.98 Å². The quantitative estimate of drug-likeness (QED) is 0.219. The highest BCUT2D eigenvalue weighted by molar-refractivity contribution is 7.09. The maximum absolute atomic E-state index is 5.71. The van der Waals surface area contributed by atoms with Gasteiger partial charge in [0.25, 0.3) is 0 Å². The number of methoxy groups -OCH3 is 2. The maximum Gasteiger partial charge on any atom is 0.231 e. The van der Waals surface area contributed by atoms with Gasteiger partial charge in [0.2, 0.25) is 6.79 Å². The van der Waals surface area contributed by atoms with Crippen LogP contribution in [0.5, 0.6) is 23.0 Å². The van der Waals surface area contributed by atoms with Gasteiger partial charge in [-0.1, -0.05) is 42.5 Å². The van der Waals surface area contributed by atoms with E-state index < -0.39 is 0 Å². The normalized spacial score (nSPS) is 15.3. The van der Waals surface area contributed by atoms with Crippen LogP contribution < -0.4 is 18.9 Å². The summed E-state index contributed by atoms with van der Waals surface area (Å²) in [6.45, 7) is 8.66. The van der Waals surface area contributed by atoms with E-state index in [4.69, 9.17) is 23.9 Å². The minimum absolute atomic E-state index is 0.273. The maximum atomic E-state index is 5.71. The molecule has 2 aliphatic heterocycles. The Morgan fingerprint density at radius 3 is 2.36 bits per heavy atom. The summed E-state index contributed by atoms with van der Waals surface area (Å²) in [5.41, 5.74) is 4.80. The van der Waals surface area contributed by atoms with Crippen LogP contribution in [0.1, 0.15) is 27.4 Å². The monoisotopic (exact) mass is 586 g/mol. The summed E-state index contributed by atoms with van der Waals surface area (Å²) in [5, 5.41) is 3.33. The molecule has 0 bridgehead atoms. The Bertz CT molecular complexity index is 1460. The molecular formula is C33H38N4O4S. The molecule has 0 atom stereocenters. The van der Waals surface area contributed by atoms with Crippen LogP contribution in [0.15, 0.2) is 72.1 Å². The molecule has 3 aromatic carbocycles. The van der Waals surface area contributed by atoms with Gasteiger partial charge in [-0.15, -0.1) is 11.3 Å². The van der Waals surface area contributed by atoms with Gasteiger partial charge in [0, 0.05) is 69.4 Å². The molecule has 1 saturated heterocycles. The van der Waals surface area contributed by atoms with E-state index in [2.05, 4.69) is 68.6 Å². The third kappa shape index (κ3) is 7.22. The lowest BCUT2D eigenvalue weighted by molar-refractivity contribution is 0.121. The average Bonchev–Trinajstić information content (AvgIpc) is 3.68. The molecule has 3 heterocycles. The second kappa shape index (κ2) is 13.6. The van der Waals surface area contributed by atoms with Gasteiger partial charge in [-0.05, 0) is 29.3 Å². The number of thiazole rings is 1. The first kappa shape index (κ1) is 28.5. The van der Waals surface area contributed by atoms with E-state index in [1.807, 2.05) is 18.2 Å². The Kier molecular flexibility index (Phi) is 9.20. The number of rotatable bonds is 12. The lowest BCUT2D eigenvalue weighted by Gasteiger charge is -2.34. The number of benzene rings is 3. The second-order valence-corrected chi connectivity index (χ2v) is 11.7. The fourth-order valence-corrected chi connectivity index (χ4v) is 6.38. The van der Waals surface area contributed by atoms with Crippen LogP contribution in [0.25, 0.3) is 0 Å². The van der Waals surface area contributed by atoms with Gasteiger partial charge in [-0.3, -0.25) is 14.7 Å². The van der Waals surface area contributed by atoms with Crippen molar-refractivity contribution in [3.63, 3.8) is 0 Å². The summed E-state index contributed by atoms with van der Waals surface area (Å²) in [7, 11) is 3.38. The van der Waals surface area contributed by atoms with Gasteiger partial charge in [0.1, 0.15) is 16.5 Å². The first-order valence-corrected chi connectivity index (χ1v) is 15.3. The van der Waals surface area contributed by atoms with Gasteiger partial charge in [0.05, 0.1) is 26.5 Å². The summed E-state index contributed by atoms with van der Waals surface area (Å²) in [6, 6.07) is 22.9. The lowest BCUT2D eigenvalue weighted by Crippen LogP contribution is -2.45. The number of nitrogens with zero attached hydrogens (tertiary/aromatic N) is 4. The van der Waals surface area contributed by atoms with Gasteiger partial charge in [0.15, 0.2) is 11.5 Å². The molecule has 8 nitrogen and oxygen atoms in total. The minimum Gasteiger partial charge on any atom is -0.497 e. The minimum atomic E-state index is 0.273. The fraction of sp³-hybridized carbons (Fsp3) is 0.364. The van der Waals surface area contributed by atoms with E-state index in [9.17, 15) is 0 Å². The number of piperazine rings is 1. The molecule has 0 spiro atoms. The van der Waals surface area contributed by atoms with Crippen molar-refractivity contribution < 1.29 is 18.9 Å². The smallest absolute Gasteiger partial charge is 0.231 e. The molecule has 9 heteroatoms. The number of fused-ring (bicyclic) bond motifs is 1. The van der Waals surface area contributed by atoms with E-state index in [1.165, 1.54) is 5.56 Å². The van der Waals surface area contributed by atoms with Gasteiger partial charge in [-0.2, -0.15) is 0 Å². The van der Waals surface area contributed by atoms with Gasteiger partial charge < -0.3 is 18.9 Å². The Hall–Kier alpha value is -3.63. The standard InChI is InChI=1S/C33H38N4O4S/c1-38-29-10-9-27(31(17-29)39-2)20-37(19-26-8-11-30-32(16-26)41-24-40-30)22-33-34-28(23-42-33)21-36-14-12-35(13-15-36)18-25-6-4-3-5-7-25/h3-11,16-17,23H,12-15,18-22,24H2,1-2H3. The summed E-state index contributed by atoms with van der Waals surface area (Å²) < 4.78 is 22.3. The Labute approximate surface area is 252 Å². The van der Waals surface area contributed by atoms with Gasteiger partial charge >= 0.3 is 0 Å². The van der Waals surface area contributed by atoms with Crippen LogP contribution in [0.3, 0.4) is 0 Å². The molecule has 0 N–H and O–H groups in total. The van der Waals surface area contributed by atoms with Crippen molar-refractivity contribution in [1.29, 1.82) is 0 Å². The van der Waals surface area contributed by atoms with Crippen LogP contribution in [0, 0.1) is 0 Å². The molecule has 220 valence electrons. The molecule has 6 rings (SSSR count). The molecule has 0 unspecified atom stereocenters. The molecule has 1 fully saturated rings. The Balaban J connectivity index is 1.10. The first-order valence-electron chi connectivity index (χ1n) is 14.4. The first-order chi connectivity index (χ1) is 20.6. The highest BCUT2D eigenvalue weighted by atomic mass is 32.1. The fourth-order valence-electron chi connectivity index (χ4n) is 5.55. The van der Waals surface area contributed by atoms with E-state index in [-0.39, 0.29) is 6.79 Å². The summed E-state index contributed by atoms with van der Waals surface area (Å²) in [6.07, 6.45) is 0. The number of hydrogen-bond donors (Lipinski definition) is 0.